The van der Waals surface area contributed by atoms with Crippen LogP contribution >= 0.6 is 0 Å². The van der Waals surface area contributed by atoms with E-state index in [1.165, 1.54) is 7.11 Å². The molecule has 3 rings (SSSR count). The summed E-state index contributed by atoms with van der Waals surface area (Å²) in [5, 5.41) is 2.98. The van der Waals surface area contributed by atoms with E-state index in [0.29, 0.717) is 31.9 Å². The summed E-state index contributed by atoms with van der Waals surface area (Å²) in [6, 6.07) is 11.0. The summed E-state index contributed by atoms with van der Waals surface area (Å²) in [5.74, 6) is 1.23. The van der Waals surface area contributed by atoms with E-state index >= 15 is 0 Å². The number of urea groups is 1. The van der Waals surface area contributed by atoms with Crippen LogP contribution in [0, 0.1) is 0 Å². The minimum Gasteiger partial charge on any atom is -0.497 e. The molecule has 0 unspecified atom stereocenters. The van der Waals surface area contributed by atoms with Gasteiger partial charge in [0.1, 0.15) is 11.5 Å². The number of benzene rings is 1. The molecule has 1 aromatic heterocycles. The quantitative estimate of drug-likeness (QED) is 0.749. The Morgan fingerprint density at radius 3 is 2.55 bits per heavy atom. The third-order valence-corrected chi connectivity index (χ3v) is 4.91. The normalized spacial score (nSPS) is 14.9. The van der Waals surface area contributed by atoms with Crippen molar-refractivity contribution in [2.45, 2.75) is 19.5 Å². The number of ether oxygens (including phenoxy) is 2. The lowest BCUT2D eigenvalue weighted by atomic mass is 10.2. The van der Waals surface area contributed by atoms with Gasteiger partial charge in [-0.2, -0.15) is 0 Å². The summed E-state index contributed by atoms with van der Waals surface area (Å²) in [6.07, 6.45) is 0.876. The molecule has 0 radical (unpaired) electrons. The fourth-order valence-electron chi connectivity index (χ4n) is 3.26. The molecular weight excluding hydrogens is 374 g/mol. The lowest BCUT2D eigenvalue weighted by molar-refractivity contribution is 0.0561. The van der Waals surface area contributed by atoms with E-state index in [9.17, 15) is 9.59 Å². The Balaban J connectivity index is 1.46. The largest absolute Gasteiger partial charge is 0.497 e. The summed E-state index contributed by atoms with van der Waals surface area (Å²) in [4.78, 5) is 28.1. The molecular formula is C21H27N3O5. The van der Waals surface area contributed by atoms with Gasteiger partial charge in [0.25, 0.3) is 0 Å². The van der Waals surface area contributed by atoms with Crippen LogP contribution < -0.4 is 10.1 Å². The second kappa shape index (κ2) is 9.97. The molecule has 0 saturated carbocycles. The van der Waals surface area contributed by atoms with Crippen LogP contribution in [0.1, 0.15) is 28.3 Å². The fourth-order valence-corrected chi connectivity index (χ4v) is 3.26. The smallest absolute Gasteiger partial charge is 0.373 e. The highest BCUT2D eigenvalue weighted by Gasteiger charge is 2.20. The minimum absolute atomic E-state index is 0.0614. The van der Waals surface area contributed by atoms with Gasteiger partial charge in [-0.15, -0.1) is 0 Å². The van der Waals surface area contributed by atoms with Gasteiger partial charge in [-0.3, -0.25) is 4.90 Å². The molecule has 29 heavy (non-hydrogen) atoms. The fraction of sp³-hybridized carbons (Fsp3) is 0.429. The van der Waals surface area contributed by atoms with Crippen LogP contribution in [-0.2, 0) is 17.8 Å². The van der Waals surface area contributed by atoms with Crippen molar-refractivity contribution in [3.63, 3.8) is 0 Å². The average Bonchev–Trinajstić information content (AvgIpc) is 3.09. The maximum atomic E-state index is 12.5. The van der Waals surface area contributed by atoms with Gasteiger partial charge in [-0.1, -0.05) is 12.1 Å². The zero-order valence-corrected chi connectivity index (χ0v) is 16.8. The standard InChI is InChI=1S/C21H27N3O5/c1-27-17-6-4-16(5-7-17)14-22-21(26)24-11-3-10-23(12-13-24)15-18-8-9-19(29-18)20(25)28-2/h4-9H,3,10-15H2,1-2H3,(H,22,26). The monoisotopic (exact) mass is 401 g/mol. The first-order chi connectivity index (χ1) is 14.1. The molecule has 2 amide bonds. The van der Waals surface area contributed by atoms with Gasteiger partial charge in [0.15, 0.2) is 0 Å². The Bertz CT molecular complexity index is 818. The van der Waals surface area contributed by atoms with Gasteiger partial charge in [0, 0.05) is 32.7 Å². The van der Waals surface area contributed by atoms with Gasteiger partial charge in [-0.05, 0) is 36.2 Å². The number of esters is 1. The third kappa shape index (κ3) is 5.74. The van der Waals surface area contributed by atoms with Crippen LogP contribution in [0.25, 0.3) is 0 Å². The summed E-state index contributed by atoms with van der Waals surface area (Å²) in [7, 11) is 2.96. The van der Waals surface area contributed by atoms with E-state index in [1.54, 1.807) is 19.2 Å². The van der Waals surface area contributed by atoms with Gasteiger partial charge < -0.3 is 24.1 Å². The van der Waals surface area contributed by atoms with Gasteiger partial charge in [-0.25, -0.2) is 9.59 Å². The van der Waals surface area contributed by atoms with Crippen molar-refractivity contribution < 1.29 is 23.5 Å². The Kier molecular flexibility index (Phi) is 7.13. The molecule has 156 valence electrons. The highest BCUT2D eigenvalue weighted by Crippen LogP contribution is 2.14. The van der Waals surface area contributed by atoms with E-state index in [1.807, 2.05) is 29.2 Å². The molecule has 0 atom stereocenters. The topological polar surface area (TPSA) is 84.2 Å². The maximum Gasteiger partial charge on any atom is 0.373 e. The Hall–Kier alpha value is -3.00. The number of nitrogens with one attached hydrogen (secondary N) is 1. The molecule has 8 nitrogen and oxygen atoms in total. The van der Waals surface area contributed by atoms with Crippen molar-refractivity contribution in [1.82, 2.24) is 15.1 Å². The summed E-state index contributed by atoms with van der Waals surface area (Å²) >= 11 is 0. The van der Waals surface area contributed by atoms with Crippen molar-refractivity contribution in [3.05, 3.63) is 53.5 Å². The third-order valence-electron chi connectivity index (χ3n) is 4.91. The SMILES string of the molecule is COC(=O)c1ccc(CN2CCCN(C(=O)NCc3ccc(OC)cc3)CC2)o1. The summed E-state index contributed by atoms with van der Waals surface area (Å²) in [6.45, 7) is 4.01. The molecule has 0 bridgehead atoms. The molecule has 0 spiro atoms. The lowest BCUT2D eigenvalue weighted by Crippen LogP contribution is -2.41. The Morgan fingerprint density at radius 2 is 1.83 bits per heavy atom. The first-order valence-electron chi connectivity index (χ1n) is 9.64. The Morgan fingerprint density at radius 1 is 1.03 bits per heavy atom. The van der Waals surface area contributed by atoms with Crippen molar-refractivity contribution in [2.75, 3.05) is 40.4 Å². The molecule has 1 N–H and O–H groups in total. The molecule has 1 aliphatic heterocycles. The number of amides is 2. The number of carbonyl (C=O) groups is 2. The van der Waals surface area contributed by atoms with Crippen LogP contribution in [0.3, 0.4) is 0 Å². The number of hydrogen-bond acceptors (Lipinski definition) is 6. The van der Waals surface area contributed by atoms with E-state index in [-0.39, 0.29) is 11.8 Å². The molecule has 1 aromatic carbocycles. The van der Waals surface area contributed by atoms with Gasteiger partial charge in [0.2, 0.25) is 5.76 Å². The van der Waals surface area contributed by atoms with Crippen molar-refractivity contribution >= 4 is 12.0 Å². The zero-order chi connectivity index (χ0) is 20.6. The summed E-state index contributed by atoms with van der Waals surface area (Å²) < 4.78 is 15.3. The predicted octanol–water partition coefficient (Wildman–Crippen LogP) is 2.49. The number of furan rings is 1. The van der Waals surface area contributed by atoms with Crippen molar-refractivity contribution in [2.24, 2.45) is 0 Å². The van der Waals surface area contributed by atoms with Crippen LogP contribution in [0.15, 0.2) is 40.8 Å². The van der Waals surface area contributed by atoms with Crippen LogP contribution in [-0.4, -0.2) is 62.2 Å². The lowest BCUT2D eigenvalue weighted by Gasteiger charge is -2.22. The van der Waals surface area contributed by atoms with E-state index in [2.05, 4.69) is 15.0 Å². The van der Waals surface area contributed by atoms with Crippen molar-refractivity contribution in [3.8, 4) is 5.75 Å². The van der Waals surface area contributed by atoms with E-state index in [0.717, 1.165) is 30.8 Å². The van der Waals surface area contributed by atoms with E-state index < -0.39 is 5.97 Å². The zero-order valence-electron chi connectivity index (χ0n) is 16.8. The number of methoxy groups -OCH3 is 2. The molecule has 1 aliphatic rings. The summed E-state index contributed by atoms with van der Waals surface area (Å²) in [5.41, 5.74) is 1.02. The maximum absolute atomic E-state index is 12.5. The molecule has 1 fully saturated rings. The highest BCUT2D eigenvalue weighted by molar-refractivity contribution is 5.86. The molecule has 2 aromatic rings. The number of rotatable bonds is 6. The molecule has 0 aliphatic carbocycles. The average molecular weight is 401 g/mol. The van der Waals surface area contributed by atoms with Gasteiger partial charge >= 0.3 is 12.0 Å². The highest BCUT2D eigenvalue weighted by atomic mass is 16.5. The molecule has 8 heteroatoms. The van der Waals surface area contributed by atoms with Crippen molar-refractivity contribution in [1.29, 1.82) is 0 Å². The first kappa shape index (κ1) is 20.7. The van der Waals surface area contributed by atoms with Crippen LogP contribution in [0.5, 0.6) is 5.75 Å². The van der Waals surface area contributed by atoms with Gasteiger partial charge in [0.05, 0.1) is 20.8 Å². The molecule has 2 heterocycles. The van der Waals surface area contributed by atoms with E-state index in [4.69, 9.17) is 9.15 Å². The second-order valence-electron chi connectivity index (χ2n) is 6.88. The number of carbonyl (C=O) groups excluding carboxylic acids is 2. The van der Waals surface area contributed by atoms with Crippen LogP contribution in [0.4, 0.5) is 4.79 Å². The first-order valence-corrected chi connectivity index (χ1v) is 9.64. The second-order valence-corrected chi connectivity index (χ2v) is 6.88. The number of hydrogen-bond donors (Lipinski definition) is 1. The number of nitrogens with zero attached hydrogens (tertiary/aromatic N) is 2. The van der Waals surface area contributed by atoms with Crippen LogP contribution in [0.2, 0.25) is 0 Å². The Labute approximate surface area is 170 Å². The minimum atomic E-state index is -0.480. The molecule has 1 saturated heterocycles. The predicted molar refractivity (Wildman–Crippen MR) is 107 cm³/mol.